The quantitative estimate of drug-likeness (QED) is 0.571. The third-order valence-corrected chi connectivity index (χ3v) is 3.03. The summed E-state index contributed by atoms with van der Waals surface area (Å²) in [5, 5.41) is 5.93. The van der Waals surface area contributed by atoms with Gasteiger partial charge in [0.15, 0.2) is 0 Å². The van der Waals surface area contributed by atoms with E-state index < -0.39 is 0 Å². The summed E-state index contributed by atoms with van der Waals surface area (Å²) in [6.45, 7) is 6.29. The summed E-state index contributed by atoms with van der Waals surface area (Å²) < 4.78 is 0. The van der Waals surface area contributed by atoms with Gasteiger partial charge in [-0.15, -0.1) is 6.58 Å². The van der Waals surface area contributed by atoms with Crippen molar-refractivity contribution in [1.29, 1.82) is 0 Å². The lowest BCUT2D eigenvalue weighted by Gasteiger charge is -2.31. The zero-order valence-corrected chi connectivity index (χ0v) is 11.1. The second kappa shape index (κ2) is 6.47. The van der Waals surface area contributed by atoms with Gasteiger partial charge in [0, 0.05) is 6.54 Å². The lowest BCUT2D eigenvalue weighted by molar-refractivity contribution is -0.127. The fraction of sp³-hybridized carbons (Fsp3) is 0.357. The topological polar surface area (TPSA) is 65.2 Å². The molecule has 5 heteroatoms. The minimum atomic E-state index is -0.264. The number of carbonyl (C=O) groups excluding carboxylic acids is 1. The van der Waals surface area contributed by atoms with E-state index in [4.69, 9.17) is 0 Å². The second-order valence-corrected chi connectivity index (χ2v) is 4.67. The Bertz CT molecular complexity index is 443. The molecule has 0 radical (unpaired) electrons. The van der Waals surface area contributed by atoms with Gasteiger partial charge in [0.2, 0.25) is 5.91 Å². The molecular weight excluding hydrogens is 240 g/mol. The van der Waals surface area contributed by atoms with Gasteiger partial charge in [-0.3, -0.25) is 10.1 Å². The number of benzene rings is 1. The molecule has 1 heterocycles. The van der Waals surface area contributed by atoms with Crippen molar-refractivity contribution >= 4 is 5.91 Å². The Labute approximate surface area is 113 Å². The second-order valence-electron chi connectivity index (χ2n) is 4.67. The van der Waals surface area contributed by atoms with Crippen molar-refractivity contribution in [1.82, 2.24) is 21.5 Å². The molecule has 0 bridgehead atoms. The van der Waals surface area contributed by atoms with Crippen molar-refractivity contribution in [3.05, 3.63) is 48.0 Å². The third kappa shape index (κ3) is 3.89. The first-order chi connectivity index (χ1) is 9.19. The number of aryl methyl sites for hydroxylation is 1. The number of hydrogen-bond acceptors (Lipinski definition) is 4. The van der Waals surface area contributed by atoms with Gasteiger partial charge < -0.3 is 5.32 Å². The zero-order valence-electron chi connectivity index (χ0n) is 11.1. The first-order valence-electron chi connectivity index (χ1n) is 6.40. The fourth-order valence-electron chi connectivity index (χ4n) is 1.94. The number of rotatable bonds is 5. The van der Waals surface area contributed by atoms with Crippen molar-refractivity contribution in [3.63, 3.8) is 0 Å². The van der Waals surface area contributed by atoms with E-state index in [1.807, 2.05) is 19.1 Å². The van der Waals surface area contributed by atoms with Crippen LogP contribution in [0.5, 0.6) is 0 Å². The Balaban J connectivity index is 1.87. The highest BCUT2D eigenvalue weighted by molar-refractivity contribution is 5.82. The van der Waals surface area contributed by atoms with Crippen LogP contribution in [-0.2, 0) is 11.2 Å². The van der Waals surface area contributed by atoms with E-state index in [9.17, 15) is 4.79 Å². The summed E-state index contributed by atoms with van der Waals surface area (Å²) in [6, 6.07) is 7.94. The van der Waals surface area contributed by atoms with E-state index in [0.717, 1.165) is 5.56 Å². The standard InChI is InChI=1S/C14H20N4O/c1-3-8-15-14-16-13(19)12(17-18-14)9-11-6-4-10(2)5-7-11/h3-7,12,14-15,17-18H,1,8-9H2,2H3,(H,16,19). The van der Waals surface area contributed by atoms with E-state index in [0.29, 0.717) is 13.0 Å². The van der Waals surface area contributed by atoms with E-state index in [1.54, 1.807) is 6.08 Å². The maximum Gasteiger partial charge on any atom is 0.241 e. The number of hydrazine groups is 1. The Hall–Kier alpha value is -1.69. The van der Waals surface area contributed by atoms with Crippen LogP contribution in [0.25, 0.3) is 0 Å². The fourth-order valence-corrected chi connectivity index (χ4v) is 1.94. The van der Waals surface area contributed by atoms with Gasteiger partial charge in [-0.05, 0) is 18.9 Å². The maximum absolute atomic E-state index is 12.0. The first kappa shape index (κ1) is 13.7. The van der Waals surface area contributed by atoms with E-state index in [1.165, 1.54) is 5.56 Å². The maximum atomic E-state index is 12.0. The smallest absolute Gasteiger partial charge is 0.241 e. The summed E-state index contributed by atoms with van der Waals surface area (Å²) in [5.74, 6) is -0.0131. The molecule has 0 saturated carbocycles. The molecule has 2 unspecified atom stereocenters. The van der Waals surface area contributed by atoms with E-state index in [2.05, 4.69) is 40.2 Å². The van der Waals surface area contributed by atoms with Crippen LogP contribution in [0.4, 0.5) is 0 Å². The highest BCUT2D eigenvalue weighted by Crippen LogP contribution is 2.07. The van der Waals surface area contributed by atoms with E-state index in [-0.39, 0.29) is 18.2 Å². The van der Waals surface area contributed by atoms with Gasteiger partial charge >= 0.3 is 0 Å². The predicted molar refractivity (Wildman–Crippen MR) is 75.1 cm³/mol. The van der Waals surface area contributed by atoms with Gasteiger partial charge in [0.1, 0.15) is 12.3 Å². The van der Waals surface area contributed by atoms with Crippen LogP contribution in [0.2, 0.25) is 0 Å². The van der Waals surface area contributed by atoms with Crippen LogP contribution >= 0.6 is 0 Å². The van der Waals surface area contributed by atoms with Crippen LogP contribution in [-0.4, -0.2) is 24.8 Å². The highest BCUT2D eigenvalue weighted by atomic mass is 16.2. The van der Waals surface area contributed by atoms with Crippen LogP contribution in [0.15, 0.2) is 36.9 Å². The minimum Gasteiger partial charge on any atom is -0.326 e. The molecule has 2 rings (SSSR count). The minimum absolute atomic E-state index is 0.0131. The molecular formula is C14H20N4O. The summed E-state index contributed by atoms with van der Waals surface area (Å²) in [4.78, 5) is 12.0. The Morgan fingerprint density at radius 1 is 1.32 bits per heavy atom. The predicted octanol–water partition coefficient (Wildman–Crippen LogP) is 0.189. The first-order valence-corrected chi connectivity index (χ1v) is 6.40. The monoisotopic (exact) mass is 260 g/mol. The van der Waals surface area contributed by atoms with Gasteiger partial charge in [-0.25, -0.2) is 10.9 Å². The van der Waals surface area contributed by atoms with Gasteiger partial charge in [-0.1, -0.05) is 35.9 Å². The molecule has 1 aliphatic rings. The summed E-state index contributed by atoms with van der Waals surface area (Å²) >= 11 is 0. The molecule has 5 nitrogen and oxygen atoms in total. The average molecular weight is 260 g/mol. The normalized spacial score (nSPS) is 22.9. The van der Waals surface area contributed by atoms with Gasteiger partial charge in [0.25, 0.3) is 0 Å². The number of nitrogens with one attached hydrogen (secondary N) is 4. The Morgan fingerprint density at radius 3 is 2.68 bits per heavy atom. The SMILES string of the molecule is C=CCNC1NNC(Cc2ccc(C)cc2)C(=O)N1. The molecule has 0 aromatic heterocycles. The molecule has 0 aliphatic carbocycles. The highest BCUT2D eigenvalue weighted by Gasteiger charge is 2.26. The van der Waals surface area contributed by atoms with Crippen LogP contribution in [0, 0.1) is 6.92 Å². The molecule has 0 spiro atoms. The van der Waals surface area contributed by atoms with Gasteiger partial charge in [0.05, 0.1) is 0 Å². The van der Waals surface area contributed by atoms with Gasteiger partial charge in [-0.2, -0.15) is 0 Å². The van der Waals surface area contributed by atoms with Crippen LogP contribution in [0.1, 0.15) is 11.1 Å². The zero-order chi connectivity index (χ0) is 13.7. The molecule has 1 aromatic rings. The number of carbonyl (C=O) groups is 1. The molecule has 1 aliphatic heterocycles. The molecule has 102 valence electrons. The molecule has 2 atom stereocenters. The molecule has 19 heavy (non-hydrogen) atoms. The summed E-state index contributed by atoms with van der Waals surface area (Å²) in [5.41, 5.74) is 8.41. The van der Waals surface area contributed by atoms with Crippen molar-refractivity contribution < 1.29 is 4.79 Å². The third-order valence-electron chi connectivity index (χ3n) is 3.03. The van der Waals surface area contributed by atoms with E-state index >= 15 is 0 Å². The number of hydrogen-bond donors (Lipinski definition) is 4. The Morgan fingerprint density at radius 2 is 2.05 bits per heavy atom. The van der Waals surface area contributed by atoms with Crippen molar-refractivity contribution in [2.45, 2.75) is 25.7 Å². The summed E-state index contributed by atoms with van der Waals surface area (Å²) in [6.07, 6.45) is 2.14. The lowest BCUT2D eigenvalue weighted by Crippen LogP contribution is -2.70. The average Bonchev–Trinajstić information content (AvgIpc) is 2.41. The Kier molecular flexibility index (Phi) is 4.68. The largest absolute Gasteiger partial charge is 0.326 e. The molecule has 1 fully saturated rings. The molecule has 1 aromatic carbocycles. The lowest BCUT2D eigenvalue weighted by atomic mass is 10.0. The number of amides is 1. The molecule has 1 amide bonds. The van der Waals surface area contributed by atoms with Crippen molar-refractivity contribution in [3.8, 4) is 0 Å². The summed E-state index contributed by atoms with van der Waals surface area (Å²) in [7, 11) is 0. The van der Waals surface area contributed by atoms with Crippen LogP contribution < -0.4 is 21.5 Å². The molecule has 4 N–H and O–H groups in total. The molecule has 1 saturated heterocycles. The van der Waals surface area contributed by atoms with Crippen LogP contribution in [0.3, 0.4) is 0 Å². The van der Waals surface area contributed by atoms with Crippen molar-refractivity contribution in [2.24, 2.45) is 0 Å². The van der Waals surface area contributed by atoms with Crippen molar-refractivity contribution in [2.75, 3.05) is 6.54 Å².